The van der Waals surface area contributed by atoms with Gasteiger partial charge in [-0.1, -0.05) is 12.1 Å². The molecule has 0 saturated heterocycles. The molecule has 0 aliphatic heterocycles. The third kappa shape index (κ3) is 5.56. The predicted molar refractivity (Wildman–Crippen MR) is 127 cm³/mol. The Balaban J connectivity index is 1.54. The van der Waals surface area contributed by atoms with Crippen molar-refractivity contribution >= 4 is 50.6 Å². The largest absolute Gasteiger partial charge is 0.481 e. The van der Waals surface area contributed by atoms with Crippen molar-refractivity contribution < 1.29 is 23.1 Å². The molecule has 2 aromatic heterocycles. The normalized spacial score (nSPS) is 11.9. The molecule has 2 heterocycles. The summed E-state index contributed by atoms with van der Waals surface area (Å²) >= 11 is 4.63. The van der Waals surface area contributed by atoms with Gasteiger partial charge in [-0.2, -0.15) is 13.2 Å². The second-order valence-electron chi connectivity index (χ2n) is 7.50. The highest BCUT2D eigenvalue weighted by atomic mass is 32.2. The average Bonchev–Trinajstić information content (AvgIpc) is 3.33. The molecule has 0 bridgehead atoms. The number of hydrogen-bond acceptors (Lipinski definition) is 6. The molecule has 0 unspecified atom stereocenters. The molecular weight excluding hydrogens is 489 g/mol. The first-order valence-corrected chi connectivity index (χ1v) is 12.6. The maximum Gasteiger partial charge on any atom is 0.416 e. The monoisotopic (exact) mass is 508 g/mol. The van der Waals surface area contributed by atoms with Gasteiger partial charge in [0.1, 0.15) is 5.01 Å². The van der Waals surface area contributed by atoms with Crippen LogP contribution in [0, 0.1) is 13.8 Å². The Hall–Kier alpha value is -2.43. The molecule has 2 aromatic carbocycles. The molecule has 0 amide bonds. The topological polar surface area (TPSA) is 63.1 Å². The van der Waals surface area contributed by atoms with Crippen molar-refractivity contribution in [2.75, 3.05) is 0 Å². The number of fused-ring (bicyclic) bond motifs is 1. The first kappa shape index (κ1) is 23.7. The lowest BCUT2D eigenvalue weighted by Crippen LogP contribution is -2.03. The number of carbonyl (C=O) groups is 1. The fraction of sp³-hybridized carbons (Fsp3) is 0.261. The zero-order chi connectivity index (χ0) is 23.8. The molecule has 172 valence electrons. The Morgan fingerprint density at radius 2 is 1.82 bits per heavy atom. The molecule has 4 aromatic rings. The van der Waals surface area contributed by atoms with Crippen molar-refractivity contribution in [2.45, 2.75) is 43.5 Å². The number of thioether (sulfide) groups is 1. The Bertz CT molecular complexity index is 1310. The van der Waals surface area contributed by atoms with E-state index in [1.807, 2.05) is 13.8 Å². The fourth-order valence-corrected chi connectivity index (χ4v) is 6.73. The van der Waals surface area contributed by atoms with Gasteiger partial charge in [-0.05, 0) is 43.7 Å². The zero-order valence-corrected chi connectivity index (χ0v) is 20.1. The number of aryl methyl sites for hydroxylation is 3. The number of alkyl halides is 3. The van der Waals surface area contributed by atoms with E-state index in [4.69, 9.17) is 5.11 Å². The molecule has 1 N–H and O–H groups in total. The Morgan fingerprint density at radius 3 is 2.48 bits per heavy atom. The van der Waals surface area contributed by atoms with Crippen LogP contribution in [0.3, 0.4) is 0 Å². The lowest BCUT2D eigenvalue weighted by atomic mass is 10.1. The molecular formula is C23H19F3N2O2S3. The van der Waals surface area contributed by atoms with Crippen LogP contribution in [-0.2, 0) is 23.1 Å². The minimum Gasteiger partial charge on any atom is -0.481 e. The van der Waals surface area contributed by atoms with E-state index < -0.39 is 17.7 Å². The molecule has 0 radical (unpaired) electrons. The highest BCUT2D eigenvalue weighted by Gasteiger charge is 2.30. The van der Waals surface area contributed by atoms with Gasteiger partial charge >= 0.3 is 12.1 Å². The van der Waals surface area contributed by atoms with E-state index in [9.17, 15) is 18.0 Å². The van der Waals surface area contributed by atoms with E-state index in [0.29, 0.717) is 22.7 Å². The van der Waals surface area contributed by atoms with E-state index in [2.05, 4.69) is 22.1 Å². The second-order valence-corrected chi connectivity index (χ2v) is 10.7. The Kier molecular flexibility index (Phi) is 6.78. The maximum absolute atomic E-state index is 12.8. The maximum atomic E-state index is 12.8. The van der Waals surface area contributed by atoms with Crippen molar-refractivity contribution in [3.05, 3.63) is 63.1 Å². The minimum absolute atomic E-state index is 0.0497. The quantitative estimate of drug-likeness (QED) is 0.264. The molecule has 10 heteroatoms. The fourth-order valence-electron chi connectivity index (χ4n) is 3.24. The van der Waals surface area contributed by atoms with Crippen LogP contribution in [0.5, 0.6) is 0 Å². The number of benzene rings is 2. The number of rotatable bonds is 7. The summed E-state index contributed by atoms with van der Waals surface area (Å²) in [4.78, 5) is 22.2. The van der Waals surface area contributed by atoms with Gasteiger partial charge in [-0.15, -0.1) is 34.4 Å². The summed E-state index contributed by atoms with van der Waals surface area (Å²) in [6.45, 7) is 3.92. The van der Waals surface area contributed by atoms with Crippen LogP contribution < -0.4 is 0 Å². The van der Waals surface area contributed by atoms with Crippen LogP contribution in [0.1, 0.15) is 33.1 Å². The van der Waals surface area contributed by atoms with Crippen LogP contribution in [-0.4, -0.2) is 21.0 Å². The van der Waals surface area contributed by atoms with Gasteiger partial charge in [-0.3, -0.25) is 4.79 Å². The lowest BCUT2D eigenvalue weighted by molar-refractivity contribution is -0.138. The van der Waals surface area contributed by atoms with E-state index in [-0.39, 0.29) is 6.42 Å². The average molecular weight is 509 g/mol. The van der Waals surface area contributed by atoms with E-state index in [1.54, 1.807) is 11.8 Å². The molecule has 0 atom stereocenters. The van der Waals surface area contributed by atoms with E-state index in [0.717, 1.165) is 48.4 Å². The van der Waals surface area contributed by atoms with Crippen LogP contribution in [0.15, 0.2) is 41.3 Å². The van der Waals surface area contributed by atoms with Crippen molar-refractivity contribution in [1.82, 2.24) is 9.97 Å². The number of nitrogens with zero attached hydrogens (tertiary/aromatic N) is 2. The predicted octanol–water partition coefficient (Wildman–Crippen LogP) is 7.36. The Labute approximate surface area is 200 Å². The van der Waals surface area contributed by atoms with Crippen molar-refractivity contribution in [3.8, 4) is 10.6 Å². The molecule has 0 fully saturated rings. The SMILES string of the molecule is Cc1cc(SCc2sc(-c3ccc(C(F)(F)F)cc3)nc2C)c2nc(CCC(=O)O)sc2c1. The molecule has 0 aliphatic rings. The highest BCUT2D eigenvalue weighted by molar-refractivity contribution is 7.98. The number of thiazole rings is 2. The van der Waals surface area contributed by atoms with Crippen LogP contribution in [0.4, 0.5) is 13.2 Å². The van der Waals surface area contributed by atoms with Crippen LogP contribution in [0.25, 0.3) is 20.8 Å². The summed E-state index contributed by atoms with van der Waals surface area (Å²) in [5.41, 5.74) is 2.82. The van der Waals surface area contributed by atoms with E-state index >= 15 is 0 Å². The summed E-state index contributed by atoms with van der Waals surface area (Å²) in [5, 5.41) is 10.4. The molecule has 4 rings (SSSR count). The van der Waals surface area contributed by atoms with Crippen molar-refractivity contribution in [3.63, 3.8) is 0 Å². The zero-order valence-electron chi connectivity index (χ0n) is 17.7. The Morgan fingerprint density at radius 1 is 1.09 bits per heavy atom. The van der Waals surface area contributed by atoms with Crippen molar-refractivity contribution in [2.24, 2.45) is 0 Å². The lowest BCUT2D eigenvalue weighted by Gasteiger charge is -2.06. The van der Waals surface area contributed by atoms with Gasteiger partial charge in [0.25, 0.3) is 0 Å². The number of aromatic nitrogens is 2. The first-order valence-electron chi connectivity index (χ1n) is 9.99. The number of hydrogen-bond donors (Lipinski definition) is 1. The molecule has 0 saturated carbocycles. The summed E-state index contributed by atoms with van der Waals surface area (Å²) in [5.74, 6) is -0.186. The van der Waals surface area contributed by atoms with Gasteiger partial charge < -0.3 is 5.11 Å². The minimum atomic E-state index is -4.36. The summed E-state index contributed by atoms with van der Waals surface area (Å²) in [6.07, 6.45) is -3.90. The van der Waals surface area contributed by atoms with Crippen molar-refractivity contribution in [1.29, 1.82) is 0 Å². The highest BCUT2D eigenvalue weighted by Crippen LogP contribution is 2.38. The molecule has 0 aliphatic carbocycles. The number of carboxylic acids is 1. The summed E-state index contributed by atoms with van der Waals surface area (Å²) in [7, 11) is 0. The van der Waals surface area contributed by atoms with Gasteiger partial charge in [0, 0.05) is 27.5 Å². The summed E-state index contributed by atoms with van der Waals surface area (Å²) < 4.78 is 39.5. The number of aliphatic carboxylic acids is 1. The molecule has 4 nitrogen and oxygen atoms in total. The summed E-state index contributed by atoms with van der Waals surface area (Å²) in [6, 6.07) is 9.19. The third-order valence-corrected chi connectivity index (χ3v) is 8.42. The standard InChI is InChI=1S/C23H19F3N2O2S3/c1-12-9-16(21-17(10-12)32-19(28-21)7-8-20(29)30)31-11-18-13(2)27-22(33-18)14-3-5-15(6-4-14)23(24,25)26/h3-6,9-10H,7-8,11H2,1-2H3,(H,29,30). The number of halogens is 3. The van der Waals surface area contributed by atoms with E-state index in [1.165, 1.54) is 34.8 Å². The number of carboxylic acid groups (broad SMARTS) is 1. The van der Waals surface area contributed by atoms with Gasteiger partial charge in [-0.25, -0.2) is 9.97 Å². The van der Waals surface area contributed by atoms with Crippen LogP contribution >= 0.6 is 34.4 Å². The third-order valence-electron chi connectivity index (χ3n) is 4.91. The second kappa shape index (κ2) is 9.44. The molecule has 0 spiro atoms. The van der Waals surface area contributed by atoms with Gasteiger partial charge in [0.15, 0.2) is 0 Å². The molecule has 33 heavy (non-hydrogen) atoms. The van der Waals surface area contributed by atoms with Gasteiger partial charge in [0.2, 0.25) is 0 Å². The smallest absolute Gasteiger partial charge is 0.416 e. The van der Waals surface area contributed by atoms with Gasteiger partial charge in [0.05, 0.1) is 32.9 Å². The van der Waals surface area contributed by atoms with Crippen LogP contribution in [0.2, 0.25) is 0 Å². The first-order chi connectivity index (χ1) is 15.6.